The van der Waals surface area contributed by atoms with E-state index in [4.69, 9.17) is 49.4 Å². The number of carbonyl (C=O) groups excluding carboxylic acids is 1. The van der Waals surface area contributed by atoms with Crippen LogP contribution in [0.4, 0.5) is 8.78 Å². The molecule has 2 fully saturated rings. The third kappa shape index (κ3) is 10.4. The number of ether oxygens (including phenoxy) is 6. The van der Waals surface area contributed by atoms with Crippen molar-refractivity contribution in [2.45, 2.75) is 128 Å². The summed E-state index contributed by atoms with van der Waals surface area (Å²) in [7, 11) is -2.92. The van der Waals surface area contributed by atoms with Gasteiger partial charge >= 0.3 is 12.0 Å². The molecule has 0 saturated carbocycles. The van der Waals surface area contributed by atoms with Crippen molar-refractivity contribution < 1.29 is 46.4 Å². The van der Waals surface area contributed by atoms with Crippen LogP contribution in [0.25, 0.3) is 11.2 Å². The molecule has 0 unspecified atom stereocenters. The van der Waals surface area contributed by atoms with E-state index >= 15 is 8.78 Å². The van der Waals surface area contributed by atoms with Crippen LogP contribution in [-0.2, 0) is 47.9 Å². The van der Waals surface area contributed by atoms with Crippen molar-refractivity contribution in [1.29, 1.82) is 0 Å². The first-order valence-electron chi connectivity index (χ1n) is 18.5. The molecule has 2 aliphatic heterocycles. The largest absolute Gasteiger partial charge is 0.471 e. The Hall–Kier alpha value is -2.67. The van der Waals surface area contributed by atoms with Gasteiger partial charge in [0.1, 0.15) is 47.7 Å². The van der Waals surface area contributed by atoms with Crippen LogP contribution in [0, 0.1) is 11.6 Å². The summed E-state index contributed by atoms with van der Waals surface area (Å²) < 4.78 is 74.5. The van der Waals surface area contributed by atoms with E-state index in [0.29, 0.717) is 36.5 Å². The number of halogens is 3. The van der Waals surface area contributed by atoms with E-state index in [-0.39, 0.29) is 72.0 Å². The van der Waals surface area contributed by atoms with Crippen LogP contribution in [0.1, 0.15) is 58.1 Å². The minimum absolute atomic E-state index is 0.0225. The van der Waals surface area contributed by atoms with Gasteiger partial charge in [0, 0.05) is 21.8 Å². The molecule has 2 saturated heterocycles. The SMILES string of the molecule is CCCCOC(=O)CCc1cc(F)c(COc2nc3c(cc2Cl)nc(O[C@@H]2CO[C@H]4[C@@H]2OC[C@H]4O[Si](C)(C)C(C)(C)C)n3COCC[SiH](C)C)c(F)c1. The maximum atomic E-state index is 15.1. The molecule has 3 aromatic rings. The summed E-state index contributed by atoms with van der Waals surface area (Å²) in [5.74, 6) is -2.05. The lowest BCUT2D eigenvalue weighted by Crippen LogP contribution is -2.47. The molecule has 0 spiro atoms. The van der Waals surface area contributed by atoms with E-state index in [0.717, 1.165) is 18.9 Å². The minimum atomic E-state index is -2.07. The summed E-state index contributed by atoms with van der Waals surface area (Å²) >= 11 is 6.57. The Morgan fingerprint density at radius 3 is 2.40 bits per heavy atom. The summed E-state index contributed by atoms with van der Waals surface area (Å²) in [5, 5.41) is 0.145. The lowest BCUT2D eigenvalue weighted by molar-refractivity contribution is -0.143. The number of hydrogen-bond acceptors (Lipinski definition) is 10. The van der Waals surface area contributed by atoms with Gasteiger partial charge in [0.15, 0.2) is 20.1 Å². The van der Waals surface area contributed by atoms with Gasteiger partial charge in [-0.15, -0.1) is 0 Å². The molecular formula is C37H54ClF2N3O8Si2. The highest BCUT2D eigenvalue weighted by Gasteiger charge is 2.52. The van der Waals surface area contributed by atoms with Gasteiger partial charge in [-0.1, -0.05) is 58.8 Å². The smallest absolute Gasteiger partial charge is 0.306 e. The molecule has 16 heteroatoms. The van der Waals surface area contributed by atoms with Gasteiger partial charge in [0.05, 0.1) is 31.5 Å². The molecule has 4 heterocycles. The van der Waals surface area contributed by atoms with Crippen molar-refractivity contribution in [2.75, 3.05) is 26.4 Å². The second-order valence-electron chi connectivity index (χ2n) is 15.7. The number of aryl methyl sites for hydroxylation is 1. The summed E-state index contributed by atoms with van der Waals surface area (Å²) in [5.41, 5.74) is 0.839. The fraction of sp³-hybridized carbons (Fsp3) is 0.649. The number of pyridine rings is 1. The van der Waals surface area contributed by atoms with E-state index in [2.05, 4.69) is 51.9 Å². The molecule has 1 aromatic carbocycles. The normalized spacial score (nSPS) is 20.4. The molecule has 11 nitrogen and oxygen atoms in total. The standard InChI is InChI=1S/C37H54ClF2N3O8Si2/c1-9-10-13-46-31(44)12-11-23-16-26(39)24(27(40)17-23)19-49-35-25(38)18-28-34(42-35)43(22-45-14-15-52(5)6)36(41-28)50-29-20-47-33-30(21-48-32(29)33)51-53(7,8)37(2,3)4/h16-18,29-30,32-33,52H,9-15,19-22H2,1-8H3/t29-,30-,32-,33-/m1/s1. The van der Waals surface area contributed by atoms with E-state index in [1.807, 2.05) is 6.92 Å². The van der Waals surface area contributed by atoms with Gasteiger partial charge in [0.25, 0.3) is 0 Å². The number of nitrogens with zero attached hydrogens (tertiary/aromatic N) is 3. The third-order valence-corrected chi connectivity index (χ3v) is 16.2. The fourth-order valence-corrected chi connectivity index (χ4v) is 7.97. The predicted molar refractivity (Wildman–Crippen MR) is 203 cm³/mol. The molecule has 0 radical (unpaired) electrons. The molecule has 2 aromatic heterocycles. The van der Waals surface area contributed by atoms with Crippen LogP contribution in [-0.4, -0.2) is 88.5 Å². The molecule has 0 amide bonds. The summed E-state index contributed by atoms with van der Waals surface area (Å²) in [4.78, 5) is 21.3. The third-order valence-electron chi connectivity index (χ3n) is 10.1. The van der Waals surface area contributed by atoms with E-state index in [1.165, 1.54) is 12.1 Å². The van der Waals surface area contributed by atoms with E-state index < -0.39 is 47.4 Å². The zero-order valence-corrected chi connectivity index (χ0v) is 35.0. The first kappa shape index (κ1) is 41.5. The number of benzene rings is 1. The number of esters is 1. The first-order chi connectivity index (χ1) is 25.1. The Morgan fingerprint density at radius 1 is 1.06 bits per heavy atom. The number of fused-ring (bicyclic) bond motifs is 2. The highest BCUT2D eigenvalue weighted by atomic mass is 35.5. The first-order valence-corrected chi connectivity index (χ1v) is 25.0. The highest BCUT2D eigenvalue weighted by Crippen LogP contribution is 2.41. The topological polar surface area (TPSA) is 112 Å². The quantitative estimate of drug-likeness (QED) is 0.0725. The zero-order valence-electron chi connectivity index (χ0n) is 32.1. The van der Waals surface area contributed by atoms with Crippen molar-refractivity contribution in [1.82, 2.24) is 14.5 Å². The fourth-order valence-electron chi connectivity index (χ4n) is 5.82. The monoisotopic (exact) mass is 797 g/mol. The van der Waals surface area contributed by atoms with Crippen molar-refractivity contribution in [3.05, 3.63) is 46.0 Å². The van der Waals surface area contributed by atoms with Crippen LogP contribution in [0.3, 0.4) is 0 Å². The number of carbonyl (C=O) groups is 1. The van der Waals surface area contributed by atoms with Crippen LogP contribution in [0.2, 0.25) is 42.3 Å². The Bertz CT molecular complexity index is 1700. The molecular weight excluding hydrogens is 744 g/mol. The van der Waals surface area contributed by atoms with Gasteiger partial charge < -0.3 is 32.8 Å². The second-order valence-corrected chi connectivity index (χ2v) is 24.3. The molecule has 294 valence electrons. The Morgan fingerprint density at radius 2 is 1.74 bits per heavy atom. The van der Waals surface area contributed by atoms with Crippen LogP contribution in [0.15, 0.2) is 18.2 Å². The minimum Gasteiger partial charge on any atom is -0.471 e. The lowest BCUT2D eigenvalue weighted by Gasteiger charge is -2.39. The maximum absolute atomic E-state index is 15.1. The summed E-state index contributed by atoms with van der Waals surface area (Å²) in [6, 6.07) is 5.20. The molecule has 53 heavy (non-hydrogen) atoms. The molecule has 0 N–H and O–H groups in total. The Kier molecular flexibility index (Phi) is 14.0. The van der Waals surface area contributed by atoms with E-state index in [9.17, 15) is 4.79 Å². The average molecular weight is 798 g/mol. The summed E-state index contributed by atoms with van der Waals surface area (Å²) in [6.45, 7) is 18.7. The van der Waals surface area contributed by atoms with Gasteiger partial charge in [-0.3, -0.25) is 9.36 Å². The van der Waals surface area contributed by atoms with Crippen LogP contribution >= 0.6 is 11.6 Å². The Balaban J connectivity index is 1.31. The van der Waals surface area contributed by atoms with Crippen LogP contribution < -0.4 is 9.47 Å². The predicted octanol–water partition coefficient (Wildman–Crippen LogP) is 7.61. The molecule has 4 atom stereocenters. The van der Waals surface area contributed by atoms with Crippen molar-refractivity contribution in [3.8, 4) is 11.9 Å². The van der Waals surface area contributed by atoms with Gasteiger partial charge in [-0.2, -0.15) is 9.97 Å². The lowest BCUT2D eigenvalue weighted by atomic mass is 10.1. The molecule has 5 rings (SSSR count). The van der Waals surface area contributed by atoms with Gasteiger partial charge in [0.2, 0.25) is 5.88 Å². The maximum Gasteiger partial charge on any atom is 0.306 e. The Labute approximate surface area is 318 Å². The highest BCUT2D eigenvalue weighted by molar-refractivity contribution is 6.74. The van der Waals surface area contributed by atoms with Crippen molar-refractivity contribution in [2.24, 2.45) is 0 Å². The molecule has 0 bridgehead atoms. The summed E-state index contributed by atoms with van der Waals surface area (Å²) in [6.07, 6.45) is 0.559. The average Bonchev–Trinajstić information content (AvgIpc) is 3.75. The number of unbranched alkanes of at least 4 members (excludes halogenated alkanes) is 1. The van der Waals surface area contributed by atoms with Crippen molar-refractivity contribution >= 4 is 45.8 Å². The molecule has 2 aliphatic rings. The number of imidazole rings is 1. The van der Waals surface area contributed by atoms with Crippen LogP contribution in [0.5, 0.6) is 11.9 Å². The number of hydrogen-bond donors (Lipinski definition) is 0. The van der Waals surface area contributed by atoms with Crippen molar-refractivity contribution in [3.63, 3.8) is 0 Å². The second kappa shape index (κ2) is 17.9. The van der Waals surface area contributed by atoms with Gasteiger partial charge in [-0.05, 0) is 60.8 Å². The number of aromatic nitrogens is 3. The van der Waals surface area contributed by atoms with Gasteiger partial charge in [-0.25, -0.2) is 8.78 Å². The zero-order chi connectivity index (χ0) is 38.5. The van der Waals surface area contributed by atoms with E-state index in [1.54, 1.807) is 10.6 Å². The number of rotatable bonds is 18. The molecule has 0 aliphatic carbocycles.